The highest BCUT2D eigenvalue weighted by molar-refractivity contribution is 7.98. The van der Waals surface area contributed by atoms with Gasteiger partial charge in [-0.25, -0.2) is 9.78 Å². The molecule has 0 radical (unpaired) electrons. The van der Waals surface area contributed by atoms with Crippen molar-refractivity contribution in [2.45, 2.75) is 115 Å². The summed E-state index contributed by atoms with van der Waals surface area (Å²) in [6, 6.07) is 7.04. The number of carboxylic acid groups (broad SMARTS) is 1. The monoisotopic (exact) mass is 905 g/mol. The van der Waals surface area contributed by atoms with Crippen LogP contribution in [0.2, 0.25) is 0 Å². The van der Waals surface area contributed by atoms with E-state index in [1.807, 2.05) is 13.2 Å². The standard InChI is InChI=1S/C45H63N9O9S/c1-6-27(4)38(53-40(57)33(21-29-14-16-31(55)17-15-29)49-42(59)37(26(2)3)52-39(56)32(46)18-20-64-5)43(60)50-34(23-30-24-47-25-48-30)44(61)54-19-10-13-36(54)41(58)51-35(45(62)63)22-28-11-8-7-9-12-28/h7-9,11-12,14-17,24-27,32-38,55H,6,10,13,18-23,46H2,1-5H3,(H,47,48)(H,49,59)(H,50,60)(H,51,58)(H,52,56)(H,53,57)(H,62,63)/t27-,32-,33-,34-,35-,36-,37-,38-/m0/s1. The Bertz CT molecular complexity index is 2020. The molecule has 0 bridgehead atoms. The van der Waals surface area contributed by atoms with Crippen molar-refractivity contribution >= 4 is 53.2 Å². The molecule has 64 heavy (non-hydrogen) atoms. The number of likely N-dealkylation sites (tertiary alicyclic amines) is 1. The van der Waals surface area contributed by atoms with Gasteiger partial charge in [-0.15, -0.1) is 0 Å². The largest absolute Gasteiger partial charge is 0.508 e. The summed E-state index contributed by atoms with van der Waals surface area (Å²) in [7, 11) is 0. The van der Waals surface area contributed by atoms with E-state index in [4.69, 9.17) is 5.73 Å². The molecule has 6 amide bonds. The number of H-pyrrole nitrogens is 1. The number of hydrogen-bond donors (Lipinski definition) is 9. The fraction of sp³-hybridized carbons (Fsp3) is 0.511. The lowest BCUT2D eigenvalue weighted by Crippen LogP contribution is -2.61. The first kappa shape index (κ1) is 50.7. The molecule has 4 rings (SSSR count). The number of nitrogens with two attached hydrogens (primary N) is 1. The van der Waals surface area contributed by atoms with Crippen LogP contribution in [-0.4, -0.2) is 127 Å². The van der Waals surface area contributed by atoms with Crippen molar-refractivity contribution in [1.29, 1.82) is 0 Å². The third kappa shape index (κ3) is 14.8. The number of rotatable bonds is 24. The molecule has 8 atom stereocenters. The second-order valence-electron chi connectivity index (χ2n) is 16.5. The van der Waals surface area contributed by atoms with Crippen LogP contribution in [0.3, 0.4) is 0 Å². The number of carbonyl (C=O) groups is 7. The molecule has 18 nitrogen and oxygen atoms in total. The maximum absolute atomic E-state index is 14.5. The molecular weight excluding hydrogens is 843 g/mol. The highest BCUT2D eigenvalue weighted by atomic mass is 32.2. The maximum Gasteiger partial charge on any atom is 0.326 e. The Balaban J connectivity index is 1.57. The van der Waals surface area contributed by atoms with Crippen molar-refractivity contribution in [2.75, 3.05) is 18.6 Å². The number of hydrogen-bond acceptors (Lipinski definition) is 11. The van der Waals surface area contributed by atoms with Gasteiger partial charge in [0.1, 0.15) is 42.0 Å². The predicted octanol–water partition coefficient (Wildman–Crippen LogP) is 1.43. The minimum absolute atomic E-state index is 0.00434. The highest BCUT2D eigenvalue weighted by Gasteiger charge is 2.41. The smallest absolute Gasteiger partial charge is 0.326 e. The minimum atomic E-state index is -1.26. The number of thioether (sulfide) groups is 1. The van der Waals surface area contributed by atoms with E-state index in [1.54, 1.807) is 63.2 Å². The number of imidazole rings is 1. The van der Waals surface area contributed by atoms with Crippen LogP contribution in [0.5, 0.6) is 5.75 Å². The van der Waals surface area contributed by atoms with Crippen molar-refractivity contribution in [1.82, 2.24) is 41.5 Å². The number of nitrogens with zero attached hydrogens (tertiary/aromatic N) is 2. The first-order chi connectivity index (χ1) is 30.5. The Morgan fingerprint density at radius 2 is 1.44 bits per heavy atom. The van der Waals surface area contributed by atoms with Gasteiger partial charge in [-0.05, 0) is 66.4 Å². The van der Waals surface area contributed by atoms with E-state index >= 15 is 0 Å². The van der Waals surface area contributed by atoms with E-state index in [9.17, 15) is 43.8 Å². The van der Waals surface area contributed by atoms with Crippen LogP contribution < -0.4 is 32.3 Å². The van der Waals surface area contributed by atoms with Gasteiger partial charge in [-0.2, -0.15) is 11.8 Å². The molecule has 0 saturated carbocycles. The Morgan fingerprint density at radius 1 is 0.812 bits per heavy atom. The number of benzene rings is 2. The SMILES string of the molecule is CC[C@H](C)[C@H](NC(=O)[C@H](Cc1ccc(O)cc1)NC(=O)[C@@H](NC(=O)[C@@H](N)CCSC)C(C)C)C(=O)N[C@@H](Cc1cnc[nH]1)C(=O)N1CCC[C@H]1C(=O)N[C@@H](Cc1ccccc1)C(=O)O. The summed E-state index contributed by atoms with van der Waals surface area (Å²) in [5, 5.41) is 33.6. The number of aliphatic carboxylic acids is 1. The lowest BCUT2D eigenvalue weighted by molar-refractivity contribution is -0.145. The van der Waals surface area contributed by atoms with Gasteiger partial charge in [0, 0.05) is 37.7 Å². The topological polar surface area (TPSA) is 278 Å². The quantitative estimate of drug-likeness (QED) is 0.0618. The number of aromatic amines is 1. The van der Waals surface area contributed by atoms with E-state index in [2.05, 4.69) is 36.6 Å². The first-order valence-corrected chi connectivity index (χ1v) is 23.0. The minimum Gasteiger partial charge on any atom is -0.508 e. The maximum atomic E-state index is 14.5. The fourth-order valence-corrected chi connectivity index (χ4v) is 7.85. The van der Waals surface area contributed by atoms with Crippen LogP contribution in [0.1, 0.15) is 70.2 Å². The van der Waals surface area contributed by atoms with Crippen molar-refractivity contribution in [2.24, 2.45) is 17.6 Å². The van der Waals surface area contributed by atoms with Crippen molar-refractivity contribution in [3.63, 3.8) is 0 Å². The molecule has 1 aromatic heterocycles. The van der Waals surface area contributed by atoms with Crippen LogP contribution in [-0.2, 0) is 52.8 Å². The van der Waals surface area contributed by atoms with E-state index in [1.165, 1.54) is 41.3 Å². The zero-order valence-electron chi connectivity index (χ0n) is 37.0. The summed E-state index contributed by atoms with van der Waals surface area (Å²) in [5.74, 6) is -5.26. The summed E-state index contributed by atoms with van der Waals surface area (Å²) >= 11 is 1.53. The summed E-state index contributed by atoms with van der Waals surface area (Å²) in [5.41, 5.74) is 7.88. The molecule has 19 heteroatoms. The number of phenolic OH excluding ortho intramolecular Hbond substituents is 1. The number of aromatic nitrogens is 2. The van der Waals surface area contributed by atoms with Crippen molar-refractivity contribution < 1.29 is 43.8 Å². The van der Waals surface area contributed by atoms with Gasteiger partial charge in [0.2, 0.25) is 35.4 Å². The number of amides is 6. The van der Waals surface area contributed by atoms with Crippen LogP contribution in [0, 0.1) is 11.8 Å². The first-order valence-electron chi connectivity index (χ1n) is 21.6. The molecule has 2 aromatic carbocycles. The molecule has 0 unspecified atom stereocenters. The Kier molecular flexibility index (Phi) is 19.6. The van der Waals surface area contributed by atoms with Gasteiger partial charge >= 0.3 is 5.97 Å². The number of carboxylic acids is 1. The summed E-state index contributed by atoms with van der Waals surface area (Å²) in [6.45, 7) is 7.24. The van der Waals surface area contributed by atoms with Gasteiger partial charge in [0.15, 0.2) is 0 Å². The zero-order chi connectivity index (χ0) is 46.9. The van der Waals surface area contributed by atoms with Crippen LogP contribution >= 0.6 is 11.8 Å². The average molecular weight is 906 g/mol. The lowest BCUT2D eigenvalue weighted by Gasteiger charge is -2.32. The molecule has 3 aromatic rings. The molecule has 10 N–H and O–H groups in total. The highest BCUT2D eigenvalue weighted by Crippen LogP contribution is 2.21. The average Bonchev–Trinajstić information content (AvgIpc) is 3.99. The molecule has 1 saturated heterocycles. The summed E-state index contributed by atoms with van der Waals surface area (Å²) in [4.78, 5) is 104. The van der Waals surface area contributed by atoms with E-state index in [0.717, 1.165) is 0 Å². The number of aromatic hydroxyl groups is 1. The predicted molar refractivity (Wildman–Crippen MR) is 242 cm³/mol. The fourth-order valence-electron chi connectivity index (χ4n) is 7.36. The van der Waals surface area contributed by atoms with Crippen molar-refractivity contribution in [3.05, 3.63) is 83.9 Å². The zero-order valence-corrected chi connectivity index (χ0v) is 37.9. The molecule has 1 aliphatic rings. The van der Waals surface area contributed by atoms with E-state index < -0.39 is 95.5 Å². The third-order valence-corrected chi connectivity index (χ3v) is 12.0. The third-order valence-electron chi connectivity index (χ3n) is 11.3. The molecule has 2 heterocycles. The number of nitrogens with one attached hydrogen (secondary N) is 6. The number of carbonyl (C=O) groups excluding carboxylic acids is 6. The van der Waals surface area contributed by atoms with Crippen LogP contribution in [0.4, 0.5) is 0 Å². The summed E-state index contributed by atoms with van der Waals surface area (Å²) < 4.78 is 0. The number of phenols is 1. The second-order valence-corrected chi connectivity index (χ2v) is 17.5. The van der Waals surface area contributed by atoms with Crippen molar-refractivity contribution in [3.8, 4) is 5.75 Å². The normalized spacial score (nSPS) is 16.9. The van der Waals surface area contributed by atoms with Crippen LogP contribution in [0.15, 0.2) is 67.1 Å². The van der Waals surface area contributed by atoms with Gasteiger partial charge in [0.05, 0.1) is 12.4 Å². The molecule has 1 aliphatic heterocycles. The lowest BCUT2D eigenvalue weighted by atomic mass is 9.96. The molecule has 0 aliphatic carbocycles. The van der Waals surface area contributed by atoms with E-state index in [-0.39, 0.29) is 38.0 Å². The summed E-state index contributed by atoms with van der Waals surface area (Å²) in [6.07, 6.45) is 6.29. The molecule has 1 fully saturated rings. The van der Waals surface area contributed by atoms with Crippen LogP contribution in [0.25, 0.3) is 0 Å². The van der Waals surface area contributed by atoms with Gasteiger partial charge in [-0.1, -0.05) is 76.6 Å². The molecular formula is C45H63N9O9S. The molecule has 0 spiro atoms. The Morgan fingerprint density at radius 3 is 2.05 bits per heavy atom. The second kappa shape index (κ2) is 24.8. The van der Waals surface area contributed by atoms with E-state index in [0.29, 0.717) is 41.8 Å². The Labute approximate surface area is 378 Å². The molecule has 348 valence electrons. The van der Waals surface area contributed by atoms with Gasteiger partial charge in [-0.3, -0.25) is 28.8 Å². The Hall–Kier alpha value is -5.95. The van der Waals surface area contributed by atoms with Gasteiger partial charge < -0.3 is 52.4 Å². The van der Waals surface area contributed by atoms with Gasteiger partial charge in [0.25, 0.3) is 0 Å².